The van der Waals surface area contributed by atoms with Crippen molar-refractivity contribution in [2.45, 2.75) is 30.0 Å². The summed E-state index contributed by atoms with van der Waals surface area (Å²) in [5, 5.41) is 0. The number of hydrogen-bond donors (Lipinski definition) is 0. The van der Waals surface area contributed by atoms with E-state index < -0.39 is 0 Å². The van der Waals surface area contributed by atoms with E-state index in [-0.39, 0.29) is 4.31 Å². The minimum atomic E-state index is 0.0222. The molecule has 0 spiro atoms. The van der Waals surface area contributed by atoms with E-state index in [2.05, 4.69) is 24.3 Å². The average molecular weight is 253 g/mol. The van der Waals surface area contributed by atoms with Gasteiger partial charge in [-0.3, -0.25) is 0 Å². The zero-order valence-electron chi connectivity index (χ0n) is 8.11. The topological polar surface area (TPSA) is 17.1 Å². The Hall–Kier alpha value is -0.591. The summed E-state index contributed by atoms with van der Waals surface area (Å²) in [6.45, 7) is 0. The van der Waals surface area contributed by atoms with Gasteiger partial charge in [-0.25, -0.2) is 0 Å². The summed E-state index contributed by atoms with van der Waals surface area (Å²) >= 11 is 0.326. The fourth-order valence-electron chi connectivity index (χ4n) is 1.94. The van der Waals surface area contributed by atoms with Gasteiger partial charge >= 0.3 is 90.8 Å². The van der Waals surface area contributed by atoms with Gasteiger partial charge in [0.05, 0.1) is 0 Å². The summed E-state index contributed by atoms with van der Waals surface area (Å²) in [6, 6.07) is 10.4. The van der Waals surface area contributed by atoms with Gasteiger partial charge in [-0.15, -0.1) is 0 Å². The number of carbonyl (C=O) groups excluding carboxylic acids is 1. The third kappa shape index (κ3) is 2.07. The molecule has 1 aliphatic carbocycles. The molecule has 0 bridgehead atoms. The Kier molecular flexibility index (Phi) is 3.05. The van der Waals surface area contributed by atoms with Gasteiger partial charge in [0.15, 0.2) is 0 Å². The molecule has 1 fully saturated rings. The summed E-state index contributed by atoms with van der Waals surface area (Å²) in [6.07, 6.45) is 5.88. The predicted octanol–water partition coefficient (Wildman–Crippen LogP) is 1.95. The van der Waals surface area contributed by atoms with Crippen LogP contribution in [0.2, 0.25) is 4.31 Å². The van der Waals surface area contributed by atoms with E-state index in [0.717, 1.165) is 12.8 Å². The van der Waals surface area contributed by atoms with Gasteiger partial charge in [0.25, 0.3) is 0 Å². The summed E-state index contributed by atoms with van der Waals surface area (Å²) < 4.78 is 1.38. The molecule has 0 saturated heterocycles. The van der Waals surface area contributed by atoms with E-state index in [1.54, 1.807) is 0 Å². The molecule has 0 aliphatic heterocycles. The maximum absolute atomic E-state index is 11.1. The van der Waals surface area contributed by atoms with Crippen molar-refractivity contribution in [2.75, 3.05) is 0 Å². The van der Waals surface area contributed by atoms with Crippen LogP contribution in [0.25, 0.3) is 0 Å². The first kappa shape index (κ1) is 9.95. The van der Waals surface area contributed by atoms with E-state index in [0.29, 0.717) is 15.0 Å². The van der Waals surface area contributed by atoms with Crippen LogP contribution in [-0.4, -0.2) is 21.2 Å². The number of rotatable bonds is 3. The van der Waals surface area contributed by atoms with E-state index in [1.165, 1.54) is 23.6 Å². The van der Waals surface area contributed by atoms with Crippen molar-refractivity contribution in [1.29, 1.82) is 0 Å². The molecule has 0 radical (unpaired) electrons. The monoisotopic (exact) mass is 254 g/mol. The quantitative estimate of drug-likeness (QED) is 0.594. The normalized spacial score (nSPS) is 19.4. The Morgan fingerprint density at radius 2 is 1.79 bits per heavy atom. The van der Waals surface area contributed by atoms with E-state index >= 15 is 0 Å². The maximum atomic E-state index is 11.1. The van der Waals surface area contributed by atoms with Crippen LogP contribution in [0.5, 0.6) is 0 Å². The molecule has 0 atom stereocenters. The van der Waals surface area contributed by atoms with Gasteiger partial charge in [0, 0.05) is 0 Å². The summed E-state index contributed by atoms with van der Waals surface area (Å²) in [5.74, 6) is 0. The zero-order valence-corrected chi connectivity index (χ0v) is 9.82. The van der Waals surface area contributed by atoms with Crippen molar-refractivity contribution < 1.29 is 4.79 Å². The van der Waals surface area contributed by atoms with Crippen LogP contribution in [0, 0.1) is 0 Å². The van der Waals surface area contributed by atoms with Crippen LogP contribution in [0.3, 0.4) is 0 Å². The SMILES string of the molecule is O=CC1([Se]c2ccccc2)CCCC1. The van der Waals surface area contributed by atoms with Gasteiger partial charge in [-0.1, -0.05) is 0 Å². The van der Waals surface area contributed by atoms with Crippen LogP contribution < -0.4 is 4.46 Å². The summed E-state index contributed by atoms with van der Waals surface area (Å²) in [4.78, 5) is 11.1. The Balaban J connectivity index is 2.12. The van der Waals surface area contributed by atoms with Crippen LogP contribution >= 0.6 is 0 Å². The van der Waals surface area contributed by atoms with Crippen LogP contribution in [-0.2, 0) is 4.79 Å². The van der Waals surface area contributed by atoms with Crippen LogP contribution in [0.4, 0.5) is 0 Å². The number of carbonyl (C=O) groups is 1. The molecule has 1 aromatic rings. The van der Waals surface area contributed by atoms with Gasteiger partial charge in [0.1, 0.15) is 0 Å². The fourth-order valence-corrected chi connectivity index (χ4v) is 4.68. The fraction of sp³-hybridized carbons (Fsp3) is 0.417. The summed E-state index contributed by atoms with van der Waals surface area (Å²) in [7, 11) is 0. The number of benzene rings is 1. The molecule has 0 amide bonds. The Labute approximate surface area is 91.1 Å². The number of aldehydes is 1. The molecule has 14 heavy (non-hydrogen) atoms. The van der Waals surface area contributed by atoms with Gasteiger partial charge in [-0.05, 0) is 0 Å². The number of hydrogen-bond acceptors (Lipinski definition) is 1. The molecule has 2 rings (SSSR count). The Morgan fingerprint density at radius 3 is 2.36 bits per heavy atom. The molecular weight excluding hydrogens is 239 g/mol. The average Bonchev–Trinajstić information content (AvgIpc) is 2.69. The third-order valence-corrected chi connectivity index (χ3v) is 5.71. The van der Waals surface area contributed by atoms with Crippen molar-refractivity contribution in [1.82, 2.24) is 0 Å². The van der Waals surface area contributed by atoms with Crippen molar-refractivity contribution in [3.63, 3.8) is 0 Å². The van der Waals surface area contributed by atoms with Crippen molar-refractivity contribution >= 4 is 25.7 Å². The molecule has 0 N–H and O–H groups in total. The van der Waals surface area contributed by atoms with Crippen LogP contribution in [0.1, 0.15) is 25.7 Å². The first-order chi connectivity index (χ1) is 6.85. The Morgan fingerprint density at radius 1 is 1.14 bits per heavy atom. The summed E-state index contributed by atoms with van der Waals surface area (Å²) in [5.41, 5.74) is 0. The van der Waals surface area contributed by atoms with Gasteiger partial charge < -0.3 is 0 Å². The third-order valence-electron chi connectivity index (χ3n) is 2.73. The molecule has 0 aromatic heterocycles. The van der Waals surface area contributed by atoms with E-state index in [1.807, 2.05) is 6.07 Å². The van der Waals surface area contributed by atoms with Gasteiger partial charge in [0.2, 0.25) is 0 Å². The molecule has 2 heteroatoms. The molecule has 74 valence electrons. The second-order valence-electron chi connectivity index (χ2n) is 3.80. The standard InChI is InChI=1S/C12H14OSe/c13-10-12(8-4-5-9-12)14-11-6-2-1-3-7-11/h1-3,6-7,10H,4-5,8-9H2. The van der Waals surface area contributed by atoms with Crippen molar-refractivity contribution in [3.8, 4) is 0 Å². The second-order valence-corrected chi connectivity index (χ2v) is 6.93. The van der Waals surface area contributed by atoms with E-state index in [9.17, 15) is 4.79 Å². The predicted molar refractivity (Wildman–Crippen MR) is 59.1 cm³/mol. The molecule has 1 aliphatic rings. The molecule has 1 aromatic carbocycles. The minimum absolute atomic E-state index is 0.0222. The molecule has 1 nitrogen and oxygen atoms in total. The second kappa shape index (κ2) is 4.29. The molecule has 1 saturated carbocycles. The van der Waals surface area contributed by atoms with Crippen molar-refractivity contribution in [3.05, 3.63) is 30.3 Å². The van der Waals surface area contributed by atoms with Gasteiger partial charge in [-0.2, -0.15) is 0 Å². The Bertz CT molecular complexity index is 301. The first-order valence-corrected chi connectivity index (χ1v) is 6.76. The van der Waals surface area contributed by atoms with Crippen molar-refractivity contribution in [2.24, 2.45) is 0 Å². The first-order valence-electron chi connectivity index (χ1n) is 5.05. The molecule has 0 heterocycles. The van der Waals surface area contributed by atoms with Crippen LogP contribution in [0.15, 0.2) is 30.3 Å². The van der Waals surface area contributed by atoms with E-state index in [4.69, 9.17) is 0 Å². The molecular formula is C12H14OSe. The zero-order chi connectivity index (χ0) is 9.86. The molecule has 0 unspecified atom stereocenters.